The van der Waals surface area contributed by atoms with Crippen molar-refractivity contribution < 1.29 is 14.3 Å². The third kappa shape index (κ3) is 2.35. The quantitative estimate of drug-likeness (QED) is 0.899. The molecule has 0 radical (unpaired) electrons. The molecule has 0 spiro atoms. The smallest absolute Gasteiger partial charge is 0.255 e. The maximum atomic E-state index is 13.5. The highest BCUT2D eigenvalue weighted by molar-refractivity contribution is 9.10. The van der Waals surface area contributed by atoms with Gasteiger partial charge in [0.25, 0.3) is 5.91 Å². The van der Waals surface area contributed by atoms with Crippen molar-refractivity contribution in [1.82, 2.24) is 5.32 Å². The van der Waals surface area contributed by atoms with E-state index < -0.39 is 17.3 Å². The van der Waals surface area contributed by atoms with Gasteiger partial charge in [0, 0.05) is 4.47 Å². The van der Waals surface area contributed by atoms with E-state index in [-0.39, 0.29) is 12.2 Å². The summed E-state index contributed by atoms with van der Waals surface area (Å²) < 4.78 is 14.0. The van der Waals surface area contributed by atoms with Crippen molar-refractivity contribution in [2.45, 2.75) is 24.8 Å². The summed E-state index contributed by atoms with van der Waals surface area (Å²) in [6, 6.07) is 4.39. The summed E-state index contributed by atoms with van der Waals surface area (Å²) >= 11 is 3.15. The molecule has 1 aromatic rings. The lowest BCUT2D eigenvalue weighted by Crippen LogP contribution is -2.56. The highest BCUT2D eigenvalue weighted by atomic mass is 79.9. The molecule has 17 heavy (non-hydrogen) atoms. The van der Waals surface area contributed by atoms with Gasteiger partial charge in [-0.05, 0) is 47.3 Å². The maximum absolute atomic E-state index is 13.5. The van der Waals surface area contributed by atoms with Gasteiger partial charge in [0.1, 0.15) is 5.82 Å². The Bertz CT molecular complexity index is 420. The number of benzene rings is 1. The first kappa shape index (κ1) is 12.5. The summed E-state index contributed by atoms with van der Waals surface area (Å²) in [6.07, 6.45) is 2.45. The molecule has 1 aliphatic rings. The van der Waals surface area contributed by atoms with E-state index in [0.717, 1.165) is 19.3 Å². The molecule has 0 saturated heterocycles. The van der Waals surface area contributed by atoms with Crippen LogP contribution in [0, 0.1) is 5.82 Å². The summed E-state index contributed by atoms with van der Waals surface area (Å²) in [5.41, 5.74) is -0.564. The van der Waals surface area contributed by atoms with Crippen molar-refractivity contribution in [3.05, 3.63) is 34.1 Å². The number of carbonyl (C=O) groups is 1. The van der Waals surface area contributed by atoms with Crippen LogP contribution in [0.4, 0.5) is 4.39 Å². The summed E-state index contributed by atoms with van der Waals surface area (Å²) in [5, 5.41) is 12.0. The predicted molar refractivity (Wildman–Crippen MR) is 65.2 cm³/mol. The monoisotopic (exact) mass is 301 g/mol. The standard InChI is InChI=1S/C12H13BrFNO2/c13-8-3-1-4-9(14)10(8)11(17)15-12(7-16)5-2-6-12/h1,3-4,16H,2,5-7H2,(H,15,17). The molecule has 92 valence electrons. The number of amides is 1. The number of halogens is 2. The van der Waals surface area contributed by atoms with Gasteiger partial charge in [-0.15, -0.1) is 0 Å². The molecule has 0 aromatic heterocycles. The van der Waals surface area contributed by atoms with Gasteiger partial charge < -0.3 is 10.4 Å². The van der Waals surface area contributed by atoms with Crippen molar-refractivity contribution >= 4 is 21.8 Å². The van der Waals surface area contributed by atoms with Gasteiger partial charge in [-0.3, -0.25) is 4.79 Å². The molecule has 3 nitrogen and oxygen atoms in total. The van der Waals surface area contributed by atoms with Crippen molar-refractivity contribution in [2.24, 2.45) is 0 Å². The van der Waals surface area contributed by atoms with Gasteiger partial charge in [-0.25, -0.2) is 4.39 Å². The second-order valence-electron chi connectivity index (χ2n) is 4.34. The summed E-state index contributed by atoms with van der Waals surface area (Å²) in [5.74, 6) is -1.05. The lowest BCUT2D eigenvalue weighted by atomic mass is 9.77. The summed E-state index contributed by atoms with van der Waals surface area (Å²) in [7, 11) is 0. The topological polar surface area (TPSA) is 49.3 Å². The third-order valence-electron chi connectivity index (χ3n) is 3.18. The largest absolute Gasteiger partial charge is 0.394 e. The molecule has 1 fully saturated rings. The zero-order valence-corrected chi connectivity index (χ0v) is 10.8. The first-order valence-electron chi connectivity index (χ1n) is 5.45. The number of hydrogen-bond acceptors (Lipinski definition) is 2. The molecule has 1 aromatic carbocycles. The van der Waals surface area contributed by atoms with E-state index >= 15 is 0 Å². The number of aliphatic hydroxyl groups is 1. The van der Waals surface area contributed by atoms with E-state index in [1.54, 1.807) is 6.07 Å². The molecule has 2 rings (SSSR count). The summed E-state index contributed by atoms with van der Waals surface area (Å²) in [6.45, 7) is -0.106. The first-order valence-corrected chi connectivity index (χ1v) is 6.25. The van der Waals surface area contributed by atoms with Crippen LogP contribution in [-0.4, -0.2) is 23.2 Å². The van der Waals surface area contributed by atoms with Crippen LogP contribution in [0.5, 0.6) is 0 Å². The maximum Gasteiger partial charge on any atom is 0.255 e. The SMILES string of the molecule is O=C(NC1(CO)CCC1)c1c(F)cccc1Br. The van der Waals surface area contributed by atoms with Crippen LogP contribution < -0.4 is 5.32 Å². The zero-order valence-electron chi connectivity index (χ0n) is 9.17. The Balaban J connectivity index is 2.20. The number of rotatable bonds is 3. The van der Waals surface area contributed by atoms with Crippen molar-refractivity contribution in [2.75, 3.05) is 6.61 Å². The molecule has 2 N–H and O–H groups in total. The second kappa shape index (κ2) is 4.74. The van der Waals surface area contributed by atoms with Crippen LogP contribution in [0.2, 0.25) is 0 Å². The highest BCUT2D eigenvalue weighted by Crippen LogP contribution is 2.32. The molecule has 1 saturated carbocycles. The normalized spacial score (nSPS) is 17.4. The van der Waals surface area contributed by atoms with Crippen LogP contribution in [0.1, 0.15) is 29.6 Å². The molecule has 1 aliphatic carbocycles. The lowest BCUT2D eigenvalue weighted by molar-refractivity contribution is 0.0638. The van der Waals surface area contributed by atoms with Crippen molar-refractivity contribution in [1.29, 1.82) is 0 Å². The minimum absolute atomic E-state index is 0.00720. The van der Waals surface area contributed by atoms with Gasteiger partial charge in [-0.1, -0.05) is 6.07 Å². The molecule has 5 heteroatoms. The Kier molecular flexibility index (Phi) is 3.49. The molecule has 0 aliphatic heterocycles. The first-order chi connectivity index (χ1) is 8.08. The fourth-order valence-electron chi connectivity index (χ4n) is 1.94. The Morgan fingerprint density at radius 1 is 1.53 bits per heavy atom. The van der Waals surface area contributed by atoms with Crippen LogP contribution in [0.3, 0.4) is 0 Å². The van der Waals surface area contributed by atoms with Gasteiger partial charge in [0.05, 0.1) is 17.7 Å². The third-order valence-corrected chi connectivity index (χ3v) is 3.84. The van der Waals surface area contributed by atoms with Crippen LogP contribution in [0.25, 0.3) is 0 Å². The summed E-state index contributed by atoms with van der Waals surface area (Å²) in [4.78, 5) is 12.0. The molecule has 0 bridgehead atoms. The van der Waals surface area contributed by atoms with Gasteiger partial charge >= 0.3 is 0 Å². The molecule has 1 amide bonds. The van der Waals surface area contributed by atoms with Crippen LogP contribution >= 0.6 is 15.9 Å². The van der Waals surface area contributed by atoms with Crippen molar-refractivity contribution in [3.63, 3.8) is 0 Å². The van der Waals surface area contributed by atoms with Gasteiger partial charge in [-0.2, -0.15) is 0 Å². The van der Waals surface area contributed by atoms with Crippen LogP contribution in [0.15, 0.2) is 22.7 Å². The average Bonchev–Trinajstić information content (AvgIpc) is 2.23. The molecule has 0 heterocycles. The van der Waals surface area contributed by atoms with E-state index in [0.29, 0.717) is 4.47 Å². The second-order valence-corrected chi connectivity index (χ2v) is 5.20. The average molecular weight is 302 g/mol. The van der Waals surface area contributed by atoms with Crippen LogP contribution in [-0.2, 0) is 0 Å². The van der Waals surface area contributed by atoms with E-state index in [9.17, 15) is 14.3 Å². The fourth-order valence-corrected chi connectivity index (χ4v) is 2.47. The van der Waals surface area contributed by atoms with E-state index in [2.05, 4.69) is 21.2 Å². The molecule has 0 unspecified atom stereocenters. The minimum Gasteiger partial charge on any atom is -0.394 e. The van der Waals surface area contributed by atoms with E-state index in [1.165, 1.54) is 12.1 Å². The van der Waals surface area contributed by atoms with Gasteiger partial charge in [0.15, 0.2) is 0 Å². The molecule has 0 atom stereocenters. The zero-order chi connectivity index (χ0) is 12.5. The molecular weight excluding hydrogens is 289 g/mol. The minimum atomic E-state index is -0.565. The number of carbonyl (C=O) groups excluding carboxylic acids is 1. The molecular formula is C12H13BrFNO2. The number of aliphatic hydroxyl groups excluding tert-OH is 1. The van der Waals surface area contributed by atoms with E-state index in [1.807, 2.05) is 0 Å². The Labute approximate surface area is 107 Å². The predicted octanol–water partition coefficient (Wildman–Crippen LogP) is 2.23. The van der Waals surface area contributed by atoms with Gasteiger partial charge in [0.2, 0.25) is 0 Å². The fraction of sp³-hybridized carbons (Fsp3) is 0.417. The van der Waals surface area contributed by atoms with Crippen molar-refractivity contribution in [3.8, 4) is 0 Å². The highest BCUT2D eigenvalue weighted by Gasteiger charge is 2.38. The van der Waals surface area contributed by atoms with E-state index in [4.69, 9.17) is 0 Å². The Hall–Kier alpha value is -0.940. The number of nitrogens with one attached hydrogen (secondary N) is 1. The Morgan fingerprint density at radius 3 is 2.71 bits per heavy atom. The number of hydrogen-bond donors (Lipinski definition) is 2. The lowest BCUT2D eigenvalue weighted by Gasteiger charge is -2.41. The Morgan fingerprint density at radius 2 is 2.24 bits per heavy atom.